The van der Waals surface area contributed by atoms with Crippen LogP contribution >= 0.6 is 11.6 Å². The zero-order valence-electron chi connectivity index (χ0n) is 9.48. The fourth-order valence-electron chi connectivity index (χ4n) is 1.35. The van der Waals surface area contributed by atoms with E-state index in [2.05, 4.69) is 25.6 Å². The highest BCUT2D eigenvalue weighted by molar-refractivity contribution is 6.30. The number of amides is 1. The molecule has 0 bridgehead atoms. The van der Waals surface area contributed by atoms with Crippen LogP contribution in [0.15, 0.2) is 30.9 Å². The van der Waals surface area contributed by atoms with E-state index in [-0.39, 0.29) is 5.91 Å². The highest BCUT2D eigenvalue weighted by Gasteiger charge is 2.06. The van der Waals surface area contributed by atoms with Gasteiger partial charge in [0.05, 0.1) is 11.2 Å². The minimum absolute atomic E-state index is 0.192. The molecule has 0 atom stereocenters. The highest BCUT2D eigenvalue weighted by atomic mass is 35.5. The van der Waals surface area contributed by atoms with Crippen molar-refractivity contribution in [2.45, 2.75) is 0 Å². The predicted molar refractivity (Wildman–Crippen MR) is 68.7 cm³/mol. The molecule has 2 rings (SSSR count). The molecule has 0 aliphatic heterocycles. The van der Waals surface area contributed by atoms with Gasteiger partial charge in [0.2, 0.25) is 0 Å². The average molecular weight is 266 g/mol. The first-order valence-electron chi connectivity index (χ1n) is 5.38. The van der Waals surface area contributed by atoms with Crippen molar-refractivity contribution in [3.8, 4) is 0 Å². The van der Waals surface area contributed by atoms with E-state index in [1.807, 2.05) is 0 Å². The van der Waals surface area contributed by atoms with Gasteiger partial charge in [-0.05, 0) is 6.07 Å². The van der Waals surface area contributed by atoms with Gasteiger partial charge in [-0.1, -0.05) is 11.6 Å². The number of nitrogens with zero attached hydrogens (tertiary/aromatic N) is 2. The lowest BCUT2D eigenvalue weighted by Gasteiger charge is -2.05. The molecule has 94 valence electrons. The number of aromatic amines is 1. The average Bonchev–Trinajstić information content (AvgIpc) is 2.82. The van der Waals surface area contributed by atoms with Crippen molar-refractivity contribution in [2.75, 3.05) is 18.4 Å². The summed E-state index contributed by atoms with van der Waals surface area (Å²) in [6, 6.07) is 1.58. The molecular weight excluding hydrogens is 254 g/mol. The molecule has 6 nitrogen and oxygen atoms in total. The SMILES string of the molecule is O=C(NCCNc1cnccn1)c1cc(Cl)c[nH]1. The lowest BCUT2D eigenvalue weighted by atomic mass is 10.4. The van der Waals surface area contributed by atoms with Crippen molar-refractivity contribution in [1.82, 2.24) is 20.3 Å². The minimum Gasteiger partial charge on any atom is -0.367 e. The third kappa shape index (κ3) is 3.46. The highest BCUT2D eigenvalue weighted by Crippen LogP contribution is 2.08. The van der Waals surface area contributed by atoms with Gasteiger partial charge in [-0.25, -0.2) is 4.98 Å². The molecule has 3 N–H and O–H groups in total. The number of H-pyrrole nitrogens is 1. The summed E-state index contributed by atoms with van der Waals surface area (Å²) in [6.07, 6.45) is 6.38. The number of halogens is 1. The number of hydrogen-bond acceptors (Lipinski definition) is 4. The Morgan fingerprint density at radius 1 is 1.39 bits per heavy atom. The first-order chi connectivity index (χ1) is 8.75. The van der Waals surface area contributed by atoms with Crippen molar-refractivity contribution in [3.63, 3.8) is 0 Å². The van der Waals surface area contributed by atoms with E-state index in [0.717, 1.165) is 0 Å². The monoisotopic (exact) mass is 265 g/mol. The molecule has 2 aromatic heterocycles. The van der Waals surface area contributed by atoms with Gasteiger partial charge in [0.25, 0.3) is 5.91 Å². The molecule has 18 heavy (non-hydrogen) atoms. The molecule has 0 radical (unpaired) electrons. The maximum atomic E-state index is 11.6. The number of aromatic nitrogens is 3. The van der Waals surface area contributed by atoms with Crippen LogP contribution in [0.1, 0.15) is 10.5 Å². The van der Waals surface area contributed by atoms with Gasteiger partial charge in [0.15, 0.2) is 0 Å². The van der Waals surface area contributed by atoms with E-state index in [0.29, 0.717) is 29.6 Å². The van der Waals surface area contributed by atoms with E-state index in [4.69, 9.17) is 11.6 Å². The summed E-state index contributed by atoms with van der Waals surface area (Å²) in [5.41, 5.74) is 0.444. The molecule has 0 saturated carbocycles. The second-order valence-corrected chi connectivity index (χ2v) is 3.94. The van der Waals surface area contributed by atoms with Crippen LogP contribution in [-0.4, -0.2) is 33.9 Å². The van der Waals surface area contributed by atoms with E-state index in [9.17, 15) is 4.79 Å². The smallest absolute Gasteiger partial charge is 0.267 e. The third-order valence-electron chi connectivity index (χ3n) is 2.17. The van der Waals surface area contributed by atoms with Crippen LogP contribution in [0.3, 0.4) is 0 Å². The van der Waals surface area contributed by atoms with E-state index in [1.54, 1.807) is 30.9 Å². The summed E-state index contributed by atoms with van der Waals surface area (Å²) in [5.74, 6) is 0.484. The molecule has 0 unspecified atom stereocenters. The summed E-state index contributed by atoms with van der Waals surface area (Å²) in [6.45, 7) is 1.05. The Morgan fingerprint density at radius 3 is 2.94 bits per heavy atom. The van der Waals surface area contributed by atoms with E-state index in [1.165, 1.54) is 0 Å². The molecule has 2 aromatic rings. The molecule has 0 aliphatic carbocycles. The number of carbonyl (C=O) groups is 1. The largest absolute Gasteiger partial charge is 0.367 e. The van der Waals surface area contributed by atoms with Gasteiger partial charge in [0.1, 0.15) is 11.5 Å². The number of hydrogen-bond donors (Lipinski definition) is 3. The molecule has 0 aliphatic rings. The first kappa shape index (κ1) is 12.4. The van der Waals surface area contributed by atoms with Crippen molar-refractivity contribution >= 4 is 23.3 Å². The second-order valence-electron chi connectivity index (χ2n) is 3.50. The Kier molecular flexibility index (Phi) is 4.14. The number of rotatable bonds is 5. The Labute approximate surface area is 109 Å². The molecule has 7 heteroatoms. The maximum Gasteiger partial charge on any atom is 0.267 e. The number of carbonyl (C=O) groups excluding carboxylic acids is 1. The van der Waals surface area contributed by atoms with Gasteiger partial charge in [0, 0.05) is 31.7 Å². The zero-order valence-corrected chi connectivity index (χ0v) is 10.2. The zero-order chi connectivity index (χ0) is 12.8. The third-order valence-corrected chi connectivity index (χ3v) is 2.39. The van der Waals surface area contributed by atoms with Crippen LogP contribution < -0.4 is 10.6 Å². The van der Waals surface area contributed by atoms with Crippen molar-refractivity contribution < 1.29 is 4.79 Å². The van der Waals surface area contributed by atoms with Crippen molar-refractivity contribution in [2.24, 2.45) is 0 Å². The topological polar surface area (TPSA) is 82.7 Å². The molecule has 0 spiro atoms. The van der Waals surface area contributed by atoms with Gasteiger partial charge < -0.3 is 15.6 Å². The fourth-order valence-corrected chi connectivity index (χ4v) is 1.51. The van der Waals surface area contributed by atoms with Crippen molar-refractivity contribution in [3.05, 3.63) is 41.6 Å². The summed E-state index contributed by atoms with van der Waals surface area (Å²) < 4.78 is 0. The van der Waals surface area contributed by atoms with Crippen molar-refractivity contribution in [1.29, 1.82) is 0 Å². The van der Waals surface area contributed by atoms with Gasteiger partial charge >= 0.3 is 0 Å². The standard InChI is InChI=1S/C11H12ClN5O/c12-8-5-9(17-6-8)11(18)16-4-3-15-10-7-13-1-2-14-10/h1-2,5-7,17H,3-4H2,(H,14,15)(H,16,18). The molecular formula is C11H12ClN5O. The summed E-state index contributed by atoms with van der Waals surface area (Å²) in [5, 5.41) is 6.29. The molecule has 0 saturated heterocycles. The Bertz CT molecular complexity index is 513. The normalized spacial score (nSPS) is 10.1. The summed E-state index contributed by atoms with van der Waals surface area (Å²) >= 11 is 5.71. The summed E-state index contributed by atoms with van der Waals surface area (Å²) in [7, 11) is 0. The summed E-state index contributed by atoms with van der Waals surface area (Å²) in [4.78, 5) is 22.4. The van der Waals surface area contributed by atoms with E-state index < -0.39 is 0 Å². The van der Waals surface area contributed by atoms with E-state index >= 15 is 0 Å². The maximum absolute atomic E-state index is 11.6. The van der Waals surface area contributed by atoms with Crippen LogP contribution in [0, 0.1) is 0 Å². The Hall–Kier alpha value is -2.08. The molecule has 0 aromatic carbocycles. The quantitative estimate of drug-likeness (QED) is 0.712. The van der Waals surface area contributed by atoms with Crippen LogP contribution in [0.4, 0.5) is 5.82 Å². The predicted octanol–water partition coefficient (Wildman–Crippen LogP) is 1.30. The van der Waals surface area contributed by atoms with Gasteiger partial charge in [-0.2, -0.15) is 0 Å². The van der Waals surface area contributed by atoms with Crippen LogP contribution in [0.5, 0.6) is 0 Å². The van der Waals surface area contributed by atoms with Crippen LogP contribution in [0.25, 0.3) is 0 Å². The molecule has 1 amide bonds. The fraction of sp³-hybridized carbons (Fsp3) is 0.182. The van der Waals surface area contributed by atoms with Gasteiger partial charge in [-0.3, -0.25) is 9.78 Å². The molecule has 2 heterocycles. The molecule has 0 fully saturated rings. The number of nitrogens with one attached hydrogen (secondary N) is 3. The van der Waals surface area contributed by atoms with Crippen LogP contribution in [-0.2, 0) is 0 Å². The van der Waals surface area contributed by atoms with Gasteiger partial charge in [-0.15, -0.1) is 0 Å². The Balaban J connectivity index is 1.71. The second kappa shape index (κ2) is 6.02. The lowest BCUT2D eigenvalue weighted by molar-refractivity contribution is 0.0951. The number of anilines is 1. The lowest BCUT2D eigenvalue weighted by Crippen LogP contribution is -2.29. The van der Waals surface area contributed by atoms with Crippen LogP contribution in [0.2, 0.25) is 5.02 Å². The first-order valence-corrected chi connectivity index (χ1v) is 5.75. The Morgan fingerprint density at radius 2 is 2.28 bits per heavy atom. The minimum atomic E-state index is -0.192.